The van der Waals surface area contributed by atoms with Crippen molar-refractivity contribution >= 4 is 5.91 Å². The molecule has 0 saturated carbocycles. The monoisotopic (exact) mass is 351 g/mol. The Labute approximate surface area is 157 Å². The second-order valence-corrected chi connectivity index (χ2v) is 7.29. The number of piperidine rings is 1. The first kappa shape index (κ1) is 18.5. The summed E-state index contributed by atoms with van der Waals surface area (Å²) < 4.78 is 5.86. The summed E-state index contributed by atoms with van der Waals surface area (Å²) in [6.45, 7) is 4.58. The van der Waals surface area contributed by atoms with E-state index in [-0.39, 0.29) is 0 Å². The Morgan fingerprint density at radius 1 is 1.04 bits per heavy atom. The van der Waals surface area contributed by atoms with Gasteiger partial charge in [0.2, 0.25) is 5.91 Å². The van der Waals surface area contributed by atoms with Crippen LogP contribution < -0.4 is 4.74 Å². The third-order valence-electron chi connectivity index (χ3n) is 5.17. The number of hydrogen-bond donors (Lipinski definition) is 0. The molecule has 0 aromatic heterocycles. The van der Waals surface area contributed by atoms with Gasteiger partial charge in [0.25, 0.3) is 0 Å². The molecule has 0 spiro atoms. The molecule has 1 aliphatic rings. The summed E-state index contributed by atoms with van der Waals surface area (Å²) in [6, 6.07) is 18.6. The summed E-state index contributed by atoms with van der Waals surface area (Å²) in [6.07, 6.45) is 4.64. The van der Waals surface area contributed by atoms with Crippen LogP contribution >= 0.6 is 0 Å². The highest BCUT2D eigenvalue weighted by Crippen LogP contribution is 2.20. The van der Waals surface area contributed by atoms with E-state index in [2.05, 4.69) is 31.2 Å². The van der Waals surface area contributed by atoms with Gasteiger partial charge in [-0.25, -0.2) is 0 Å². The zero-order chi connectivity index (χ0) is 18.2. The average molecular weight is 351 g/mol. The van der Waals surface area contributed by atoms with E-state index in [0.717, 1.165) is 51.1 Å². The van der Waals surface area contributed by atoms with E-state index in [1.807, 2.05) is 35.2 Å². The number of carbonyl (C=O) groups excluding carboxylic acids is 1. The quantitative estimate of drug-likeness (QED) is 0.727. The number of hydrogen-bond acceptors (Lipinski definition) is 2. The normalized spacial score (nSPS) is 15.0. The van der Waals surface area contributed by atoms with E-state index < -0.39 is 0 Å². The van der Waals surface area contributed by atoms with Crippen molar-refractivity contribution in [3.05, 3.63) is 65.7 Å². The van der Waals surface area contributed by atoms with Crippen molar-refractivity contribution in [2.24, 2.45) is 5.92 Å². The zero-order valence-electron chi connectivity index (χ0n) is 15.7. The molecule has 3 heteroatoms. The molecule has 2 aromatic rings. The van der Waals surface area contributed by atoms with Crippen molar-refractivity contribution < 1.29 is 9.53 Å². The van der Waals surface area contributed by atoms with Crippen LogP contribution in [0.4, 0.5) is 0 Å². The molecule has 26 heavy (non-hydrogen) atoms. The molecule has 138 valence electrons. The van der Waals surface area contributed by atoms with E-state index in [0.29, 0.717) is 18.2 Å². The lowest BCUT2D eigenvalue weighted by Crippen LogP contribution is -2.39. The lowest BCUT2D eigenvalue weighted by atomic mass is 9.97. The molecule has 1 saturated heterocycles. The van der Waals surface area contributed by atoms with Crippen LogP contribution in [0.2, 0.25) is 0 Å². The number of aryl methyl sites for hydroxylation is 2. The summed E-state index contributed by atoms with van der Waals surface area (Å²) in [5, 5.41) is 0. The molecule has 3 nitrogen and oxygen atoms in total. The van der Waals surface area contributed by atoms with Crippen molar-refractivity contribution in [1.82, 2.24) is 4.90 Å². The van der Waals surface area contributed by atoms with Gasteiger partial charge in [0.05, 0.1) is 6.61 Å². The second kappa shape index (κ2) is 9.42. The van der Waals surface area contributed by atoms with Crippen LogP contribution in [-0.4, -0.2) is 30.5 Å². The van der Waals surface area contributed by atoms with Crippen molar-refractivity contribution in [2.45, 2.75) is 39.0 Å². The van der Waals surface area contributed by atoms with Gasteiger partial charge in [-0.1, -0.05) is 48.0 Å². The predicted molar refractivity (Wildman–Crippen MR) is 105 cm³/mol. The van der Waals surface area contributed by atoms with Gasteiger partial charge in [0.15, 0.2) is 0 Å². The van der Waals surface area contributed by atoms with E-state index in [1.54, 1.807) is 0 Å². The Morgan fingerprint density at radius 3 is 2.42 bits per heavy atom. The molecule has 2 aromatic carbocycles. The number of likely N-dealkylation sites (tertiary alicyclic amines) is 1. The summed E-state index contributed by atoms with van der Waals surface area (Å²) >= 11 is 0. The van der Waals surface area contributed by atoms with Gasteiger partial charge in [-0.3, -0.25) is 4.79 Å². The Bertz CT molecular complexity index is 673. The molecule has 1 amide bonds. The molecule has 3 rings (SSSR count). The Morgan fingerprint density at radius 2 is 1.73 bits per heavy atom. The number of amides is 1. The van der Waals surface area contributed by atoms with Crippen molar-refractivity contribution in [1.29, 1.82) is 0 Å². The topological polar surface area (TPSA) is 29.5 Å². The second-order valence-electron chi connectivity index (χ2n) is 7.29. The number of benzene rings is 2. The van der Waals surface area contributed by atoms with Crippen molar-refractivity contribution in [2.75, 3.05) is 19.7 Å². The Balaban J connectivity index is 1.33. The molecule has 0 bridgehead atoms. The number of para-hydroxylation sites is 1. The van der Waals surface area contributed by atoms with Crippen LogP contribution in [0.25, 0.3) is 0 Å². The van der Waals surface area contributed by atoms with Crippen molar-refractivity contribution in [3.8, 4) is 5.75 Å². The van der Waals surface area contributed by atoms with E-state index in [4.69, 9.17) is 4.74 Å². The summed E-state index contributed by atoms with van der Waals surface area (Å²) in [5.74, 6) is 1.79. The molecule has 0 radical (unpaired) electrons. The summed E-state index contributed by atoms with van der Waals surface area (Å²) in [7, 11) is 0. The highest BCUT2D eigenvalue weighted by atomic mass is 16.5. The first-order valence-corrected chi connectivity index (χ1v) is 9.72. The van der Waals surface area contributed by atoms with Crippen LogP contribution in [0.3, 0.4) is 0 Å². The Hall–Kier alpha value is -2.29. The standard InChI is InChI=1S/C23H29NO2/c1-19-10-12-20(13-11-19)6-5-9-23(25)24-16-14-21(15-17-24)18-26-22-7-3-2-4-8-22/h2-4,7-8,10-13,21H,5-6,9,14-18H2,1H3. The number of carbonyl (C=O) groups is 1. The number of ether oxygens (including phenoxy) is 1. The minimum atomic E-state index is 0.305. The molecular formula is C23H29NO2. The van der Waals surface area contributed by atoms with Gasteiger partial charge in [-0.2, -0.15) is 0 Å². The third kappa shape index (κ3) is 5.62. The van der Waals surface area contributed by atoms with Gasteiger partial charge < -0.3 is 9.64 Å². The fourth-order valence-corrected chi connectivity index (χ4v) is 3.44. The maximum atomic E-state index is 12.4. The molecule has 0 unspecified atom stereocenters. The SMILES string of the molecule is Cc1ccc(CCCC(=O)N2CCC(COc3ccccc3)CC2)cc1. The Kier molecular flexibility index (Phi) is 6.70. The maximum absolute atomic E-state index is 12.4. The molecule has 0 N–H and O–H groups in total. The van der Waals surface area contributed by atoms with Gasteiger partial charge in [-0.05, 0) is 56.2 Å². The van der Waals surface area contributed by atoms with E-state index in [9.17, 15) is 4.79 Å². The predicted octanol–water partition coefficient (Wildman–Crippen LogP) is 4.64. The number of nitrogens with zero attached hydrogens (tertiary/aromatic N) is 1. The fraction of sp³-hybridized carbons (Fsp3) is 0.435. The van der Waals surface area contributed by atoms with Gasteiger partial charge in [-0.15, -0.1) is 0 Å². The fourth-order valence-electron chi connectivity index (χ4n) is 3.44. The van der Waals surface area contributed by atoms with Crippen molar-refractivity contribution in [3.63, 3.8) is 0 Å². The molecular weight excluding hydrogens is 322 g/mol. The van der Waals surface area contributed by atoms with Gasteiger partial charge >= 0.3 is 0 Å². The van der Waals surface area contributed by atoms with Crippen LogP contribution in [0.15, 0.2) is 54.6 Å². The highest BCUT2D eigenvalue weighted by Gasteiger charge is 2.22. The zero-order valence-corrected chi connectivity index (χ0v) is 15.7. The van der Waals surface area contributed by atoms with Crippen LogP contribution in [0.5, 0.6) is 5.75 Å². The summed E-state index contributed by atoms with van der Waals surface area (Å²) in [5.41, 5.74) is 2.60. The van der Waals surface area contributed by atoms with Gasteiger partial charge in [0, 0.05) is 19.5 Å². The molecule has 1 aliphatic heterocycles. The van der Waals surface area contributed by atoms with Gasteiger partial charge in [0.1, 0.15) is 5.75 Å². The maximum Gasteiger partial charge on any atom is 0.222 e. The minimum Gasteiger partial charge on any atom is -0.493 e. The first-order valence-electron chi connectivity index (χ1n) is 9.72. The largest absolute Gasteiger partial charge is 0.493 e. The average Bonchev–Trinajstić information content (AvgIpc) is 2.69. The lowest BCUT2D eigenvalue weighted by molar-refractivity contribution is -0.132. The molecule has 0 aliphatic carbocycles. The lowest BCUT2D eigenvalue weighted by Gasteiger charge is -2.32. The van der Waals surface area contributed by atoms with E-state index >= 15 is 0 Å². The van der Waals surface area contributed by atoms with Crippen LogP contribution in [-0.2, 0) is 11.2 Å². The number of rotatable bonds is 7. The highest BCUT2D eigenvalue weighted by molar-refractivity contribution is 5.76. The smallest absolute Gasteiger partial charge is 0.222 e. The van der Waals surface area contributed by atoms with E-state index in [1.165, 1.54) is 11.1 Å². The molecule has 1 heterocycles. The first-order chi connectivity index (χ1) is 12.7. The summed E-state index contributed by atoms with van der Waals surface area (Å²) in [4.78, 5) is 14.5. The minimum absolute atomic E-state index is 0.305. The molecule has 1 fully saturated rings. The van der Waals surface area contributed by atoms with Crippen LogP contribution in [0, 0.1) is 12.8 Å². The molecule has 0 atom stereocenters. The van der Waals surface area contributed by atoms with Crippen LogP contribution in [0.1, 0.15) is 36.8 Å². The third-order valence-corrected chi connectivity index (χ3v) is 5.17.